The summed E-state index contributed by atoms with van der Waals surface area (Å²) in [4.78, 5) is 26.8. The molecular formula is C18H26N2O4S. The van der Waals surface area contributed by atoms with E-state index in [-0.39, 0.29) is 24.2 Å². The largest absolute Gasteiger partial charge is 0.491 e. The van der Waals surface area contributed by atoms with Crippen molar-refractivity contribution in [2.45, 2.75) is 57.6 Å². The van der Waals surface area contributed by atoms with E-state index in [1.807, 2.05) is 45.9 Å². The maximum absolute atomic E-state index is 12.5. The van der Waals surface area contributed by atoms with Crippen molar-refractivity contribution >= 4 is 29.6 Å². The summed E-state index contributed by atoms with van der Waals surface area (Å²) in [6.45, 7) is 8.07. The molecule has 0 spiro atoms. The summed E-state index contributed by atoms with van der Waals surface area (Å²) < 4.78 is 12.5. The van der Waals surface area contributed by atoms with Crippen molar-refractivity contribution in [2.75, 3.05) is 18.5 Å². The van der Waals surface area contributed by atoms with Gasteiger partial charge in [0.15, 0.2) is 0 Å². The number of anilines is 1. The van der Waals surface area contributed by atoms with Gasteiger partial charge in [0.05, 0.1) is 22.8 Å². The van der Waals surface area contributed by atoms with Crippen LogP contribution in [0.25, 0.3) is 0 Å². The number of carbonyl (C=O) groups is 2. The Hall–Kier alpha value is -1.89. The molecule has 0 N–H and O–H groups in total. The summed E-state index contributed by atoms with van der Waals surface area (Å²) in [5.74, 6) is 0.521. The number of benzene rings is 1. The molecule has 1 aromatic carbocycles. The first-order chi connectivity index (χ1) is 11.8. The van der Waals surface area contributed by atoms with E-state index in [9.17, 15) is 9.59 Å². The van der Waals surface area contributed by atoms with E-state index in [0.29, 0.717) is 19.4 Å². The van der Waals surface area contributed by atoms with Crippen LogP contribution in [0.5, 0.6) is 5.75 Å². The van der Waals surface area contributed by atoms with E-state index in [4.69, 9.17) is 9.47 Å². The highest BCUT2D eigenvalue weighted by atomic mass is 32.2. The molecule has 0 aromatic heterocycles. The minimum atomic E-state index is -0.228. The highest BCUT2D eigenvalue weighted by Crippen LogP contribution is 2.40. The van der Waals surface area contributed by atoms with Crippen molar-refractivity contribution in [3.05, 3.63) is 18.2 Å². The summed E-state index contributed by atoms with van der Waals surface area (Å²) >= 11 is 1.40. The van der Waals surface area contributed by atoms with Crippen LogP contribution in [0.4, 0.5) is 10.5 Å². The lowest BCUT2D eigenvalue weighted by Crippen LogP contribution is -2.41. The van der Waals surface area contributed by atoms with Crippen molar-refractivity contribution in [3.8, 4) is 5.75 Å². The molecular weight excluding hydrogens is 340 g/mol. The maximum atomic E-state index is 12.5. The number of carbonyl (C=O) groups excluding carboxylic acids is 2. The second kappa shape index (κ2) is 8.47. The number of ether oxygens (including phenoxy) is 2. The van der Waals surface area contributed by atoms with Crippen molar-refractivity contribution < 1.29 is 19.1 Å². The Balaban J connectivity index is 1.99. The number of hydrogen-bond donors (Lipinski definition) is 0. The van der Waals surface area contributed by atoms with Gasteiger partial charge >= 0.3 is 12.0 Å². The van der Waals surface area contributed by atoms with E-state index in [1.165, 1.54) is 11.9 Å². The van der Waals surface area contributed by atoms with Gasteiger partial charge in [-0.2, -0.15) is 0 Å². The minimum Gasteiger partial charge on any atom is -0.491 e. The van der Waals surface area contributed by atoms with Gasteiger partial charge < -0.3 is 9.47 Å². The first-order valence-corrected chi connectivity index (χ1v) is 9.28. The van der Waals surface area contributed by atoms with Gasteiger partial charge in [0.1, 0.15) is 5.75 Å². The lowest BCUT2D eigenvalue weighted by atomic mass is 10.2. The van der Waals surface area contributed by atoms with Gasteiger partial charge in [0.25, 0.3) is 0 Å². The lowest BCUT2D eigenvalue weighted by molar-refractivity contribution is -0.147. The lowest BCUT2D eigenvalue weighted by Gasteiger charge is -2.34. The molecule has 0 saturated carbocycles. The average molecular weight is 366 g/mol. The summed E-state index contributed by atoms with van der Waals surface area (Å²) in [5, 5.41) is 0. The predicted molar refractivity (Wildman–Crippen MR) is 99.0 cm³/mol. The number of nitrogens with zero attached hydrogens (tertiary/aromatic N) is 2. The molecule has 0 saturated heterocycles. The second-order valence-electron chi connectivity index (χ2n) is 6.47. The van der Waals surface area contributed by atoms with Gasteiger partial charge in [-0.05, 0) is 58.2 Å². The molecule has 138 valence electrons. The van der Waals surface area contributed by atoms with Crippen LogP contribution in [0, 0.1) is 0 Å². The first-order valence-electron chi connectivity index (χ1n) is 8.51. The smallest absolute Gasteiger partial charge is 0.334 e. The molecule has 1 aliphatic heterocycles. The summed E-state index contributed by atoms with van der Waals surface area (Å²) in [5.41, 5.74) is 0.837. The van der Waals surface area contributed by atoms with E-state index < -0.39 is 0 Å². The van der Waals surface area contributed by atoms with Crippen molar-refractivity contribution in [3.63, 3.8) is 0 Å². The van der Waals surface area contributed by atoms with E-state index >= 15 is 0 Å². The first kappa shape index (κ1) is 19.4. The van der Waals surface area contributed by atoms with Gasteiger partial charge in [-0.1, -0.05) is 0 Å². The van der Waals surface area contributed by atoms with Crippen molar-refractivity contribution in [2.24, 2.45) is 0 Å². The SMILES string of the molecule is CC(C)OC(=O)CCCN1Sc2ccc(OC(C)C)cc2N(C)C1=O. The number of rotatable bonds is 7. The molecule has 1 aliphatic rings. The molecule has 2 amide bonds. The highest BCUT2D eigenvalue weighted by Gasteiger charge is 2.29. The molecule has 25 heavy (non-hydrogen) atoms. The Morgan fingerprint density at radius 3 is 2.56 bits per heavy atom. The molecule has 1 heterocycles. The van der Waals surface area contributed by atoms with Crippen LogP contribution in [-0.2, 0) is 9.53 Å². The Morgan fingerprint density at radius 1 is 1.20 bits per heavy atom. The number of esters is 1. The number of urea groups is 1. The van der Waals surface area contributed by atoms with Gasteiger partial charge in [0, 0.05) is 26.1 Å². The molecule has 0 bridgehead atoms. The fourth-order valence-corrected chi connectivity index (χ4v) is 3.52. The number of amides is 2. The van der Waals surface area contributed by atoms with Gasteiger partial charge in [-0.15, -0.1) is 0 Å². The van der Waals surface area contributed by atoms with Crippen LogP contribution in [-0.4, -0.2) is 42.1 Å². The van der Waals surface area contributed by atoms with Crippen LogP contribution in [0.15, 0.2) is 23.1 Å². The number of fused-ring (bicyclic) bond motifs is 1. The molecule has 0 unspecified atom stereocenters. The Labute approximate surface area is 153 Å². The van der Waals surface area contributed by atoms with Crippen LogP contribution in [0.1, 0.15) is 40.5 Å². The Kier molecular flexibility index (Phi) is 6.58. The molecule has 7 heteroatoms. The van der Waals surface area contributed by atoms with Crippen LogP contribution in [0.3, 0.4) is 0 Å². The quantitative estimate of drug-likeness (QED) is 0.537. The highest BCUT2D eigenvalue weighted by molar-refractivity contribution is 7.97. The summed E-state index contributed by atoms with van der Waals surface area (Å²) in [6, 6.07) is 5.66. The van der Waals surface area contributed by atoms with Crippen molar-refractivity contribution in [1.29, 1.82) is 0 Å². The minimum absolute atomic E-state index is 0.0809. The monoisotopic (exact) mass is 366 g/mol. The van der Waals surface area contributed by atoms with Gasteiger partial charge in [-0.25, -0.2) is 4.79 Å². The predicted octanol–water partition coefficient (Wildman–Crippen LogP) is 4.08. The zero-order valence-corrected chi connectivity index (χ0v) is 16.3. The van der Waals surface area contributed by atoms with Crippen LogP contribution < -0.4 is 9.64 Å². The molecule has 6 nitrogen and oxygen atoms in total. The third-order valence-corrected chi connectivity index (χ3v) is 4.58. The topological polar surface area (TPSA) is 59.1 Å². The molecule has 0 fully saturated rings. The van der Waals surface area contributed by atoms with Crippen LogP contribution in [0.2, 0.25) is 0 Å². The van der Waals surface area contributed by atoms with Gasteiger partial charge in [-0.3, -0.25) is 14.0 Å². The van der Waals surface area contributed by atoms with E-state index in [1.54, 1.807) is 16.3 Å². The summed E-state index contributed by atoms with van der Waals surface area (Å²) in [7, 11) is 1.75. The average Bonchev–Trinajstić information content (AvgIpc) is 2.51. The Morgan fingerprint density at radius 2 is 1.92 bits per heavy atom. The van der Waals surface area contributed by atoms with Gasteiger partial charge in [0.2, 0.25) is 0 Å². The fourth-order valence-electron chi connectivity index (χ4n) is 2.44. The molecule has 0 aliphatic carbocycles. The zero-order valence-electron chi connectivity index (χ0n) is 15.4. The number of hydrogen-bond acceptors (Lipinski definition) is 5. The fraction of sp³-hybridized carbons (Fsp3) is 0.556. The molecule has 1 aromatic rings. The zero-order chi connectivity index (χ0) is 18.6. The molecule has 0 atom stereocenters. The van der Waals surface area contributed by atoms with E-state index in [0.717, 1.165) is 16.3 Å². The van der Waals surface area contributed by atoms with Crippen LogP contribution >= 0.6 is 11.9 Å². The summed E-state index contributed by atoms with van der Waals surface area (Å²) in [6.07, 6.45) is 0.846. The third kappa shape index (κ3) is 5.29. The van der Waals surface area contributed by atoms with E-state index in [2.05, 4.69) is 0 Å². The Bertz CT molecular complexity index is 634. The van der Waals surface area contributed by atoms with Crippen molar-refractivity contribution in [1.82, 2.24) is 4.31 Å². The second-order valence-corrected chi connectivity index (χ2v) is 7.54. The molecule has 2 rings (SSSR count). The maximum Gasteiger partial charge on any atom is 0.334 e. The molecule has 0 radical (unpaired) electrons. The standard InChI is InChI=1S/C18H26N2O4S/c1-12(2)23-14-8-9-16-15(11-14)19(5)18(22)20(25-16)10-6-7-17(21)24-13(3)4/h8-9,11-13H,6-7,10H2,1-5H3. The normalized spacial score (nSPS) is 14.1. The third-order valence-electron chi connectivity index (χ3n) is 3.48.